The summed E-state index contributed by atoms with van der Waals surface area (Å²) in [6.45, 7) is 1.92. The predicted octanol–water partition coefficient (Wildman–Crippen LogP) is 8.19. The molecule has 3 unspecified atom stereocenters. The number of carbonyl (C=O) groups is 2. The number of aromatic nitrogens is 2. The number of aliphatic hydroxyl groups is 3. The fourth-order valence-corrected chi connectivity index (χ4v) is 9.20. The summed E-state index contributed by atoms with van der Waals surface area (Å²) in [6, 6.07) is 1.24. The Morgan fingerprint density at radius 1 is 0.791 bits per heavy atom. The Kier molecular flexibility index (Phi) is 31.5. The van der Waals surface area contributed by atoms with Gasteiger partial charge in [0.1, 0.15) is 30.7 Å². The molecule has 7 N–H and O–H groups in total. The quantitative estimate of drug-likeness (QED) is 0.0119. The Morgan fingerprint density at radius 3 is 1.99 bits per heavy atom. The molecule has 0 aliphatic carbocycles. The van der Waals surface area contributed by atoms with Crippen molar-refractivity contribution in [3.05, 3.63) is 59.2 Å². The molecule has 1 aromatic heterocycles. The van der Waals surface area contributed by atoms with Gasteiger partial charge in [-0.05, 0) is 38.2 Å². The first-order chi connectivity index (χ1) is 32.1. The molecule has 0 radical (unpaired) electrons. The van der Waals surface area contributed by atoms with Crippen LogP contribution in [0.3, 0.4) is 0 Å². The van der Waals surface area contributed by atoms with Crippen molar-refractivity contribution in [1.29, 1.82) is 0 Å². The van der Waals surface area contributed by atoms with Crippen LogP contribution in [0.1, 0.15) is 168 Å². The van der Waals surface area contributed by atoms with Gasteiger partial charge in [0, 0.05) is 19.0 Å². The van der Waals surface area contributed by atoms with E-state index in [4.69, 9.17) is 29.0 Å². The Morgan fingerprint density at radius 2 is 1.37 bits per heavy atom. The van der Waals surface area contributed by atoms with E-state index in [0.717, 1.165) is 75.0 Å². The number of allylic oxidation sites excluding steroid dienone is 5. The molecule has 1 aliphatic rings. The van der Waals surface area contributed by atoms with E-state index in [2.05, 4.69) is 35.3 Å². The summed E-state index contributed by atoms with van der Waals surface area (Å²) in [5, 5.41) is 31.1. The van der Waals surface area contributed by atoms with Crippen LogP contribution in [0.25, 0.3) is 0 Å². The molecule has 0 saturated carbocycles. The Hall–Kier alpha value is -3.06. The van der Waals surface area contributed by atoms with E-state index in [1.807, 2.05) is 18.2 Å². The fourth-order valence-electron chi connectivity index (χ4n) is 7.09. The molecule has 1 aliphatic heterocycles. The minimum absolute atomic E-state index is 0.0323. The van der Waals surface area contributed by atoms with E-state index in [1.165, 1.54) is 57.4 Å². The van der Waals surface area contributed by atoms with Crippen LogP contribution in [0.2, 0.25) is 0 Å². The highest BCUT2D eigenvalue weighted by molar-refractivity contribution is 7.61. The molecular formula is C46H79N3O16P2. The van der Waals surface area contributed by atoms with Crippen molar-refractivity contribution in [2.24, 2.45) is 0 Å². The molecule has 0 aromatic carbocycles. The number of rotatable bonds is 39. The highest BCUT2D eigenvalue weighted by atomic mass is 31.3. The summed E-state index contributed by atoms with van der Waals surface area (Å²) in [5.74, 6) is -1.37. The number of nitrogens with zero attached hydrogens (tertiary/aromatic N) is 2. The molecule has 1 saturated heterocycles. The number of hydrogen-bond donors (Lipinski definition) is 6. The van der Waals surface area contributed by atoms with Gasteiger partial charge in [0.15, 0.2) is 12.3 Å². The van der Waals surface area contributed by atoms with Gasteiger partial charge >= 0.3 is 33.3 Å². The molecule has 21 heteroatoms. The second-order valence-electron chi connectivity index (χ2n) is 16.8. The normalized spacial score (nSPS) is 20.3. The Labute approximate surface area is 396 Å². The van der Waals surface area contributed by atoms with Crippen molar-refractivity contribution in [2.75, 3.05) is 25.6 Å². The zero-order chi connectivity index (χ0) is 49.3. The number of nitrogen functional groups attached to an aromatic ring is 1. The van der Waals surface area contributed by atoms with E-state index in [-0.39, 0.29) is 18.7 Å². The second-order valence-corrected chi connectivity index (χ2v) is 19.8. The topological polar surface area (TPSA) is 286 Å². The zero-order valence-corrected chi connectivity index (χ0v) is 41.3. The van der Waals surface area contributed by atoms with Crippen LogP contribution >= 0.6 is 15.6 Å². The van der Waals surface area contributed by atoms with Crippen LogP contribution < -0.4 is 11.4 Å². The van der Waals surface area contributed by atoms with Gasteiger partial charge in [-0.2, -0.15) is 9.29 Å². The molecule has 384 valence electrons. The minimum Gasteiger partial charge on any atom is -0.462 e. The van der Waals surface area contributed by atoms with Gasteiger partial charge in [-0.25, -0.2) is 13.9 Å². The third-order valence-corrected chi connectivity index (χ3v) is 13.4. The summed E-state index contributed by atoms with van der Waals surface area (Å²) in [5.41, 5.74) is 4.57. The molecule has 1 fully saturated rings. The van der Waals surface area contributed by atoms with Crippen LogP contribution in [-0.2, 0) is 46.3 Å². The highest BCUT2D eigenvalue weighted by Gasteiger charge is 2.46. The largest absolute Gasteiger partial charge is 0.481 e. The van der Waals surface area contributed by atoms with Crippen LogP contribution in [0.4, 0.5) is 5.82 Å². The summed E-state index contributed by atoms with van der Waals surface area (Å²) < 4.78 is 56.6. The molecule has 19 nitrogen and oxygen atoms in total. The number of anilines is 1. The van der Waals surface area contributed by atoms with Crippen molar-refractivity contribution in [1.82, 2.24) is 9.55 Å². The summed E-state index contributed by atoms with van der Waals surface area (Å²) in [4.78, 5) is 61.8. The molecule has 0 bridgehead atoms. The molecule has 8 atom stereocenters. The number of nitrogens with two attached hydrogens (primary N) is 1. The fraction of sp³-hybridized carbons (Fsp3) is 0.739. The number of unbranched alkanes of at least 4 members (excludes halogenated alkanes) is 16. The lowest BCUT2D eigenvalue weighted by atomic mass is 10.0. The lowest BCUT2D eigenvalue weighted by Crippen LogP contribution is -2.36. The standard InChI is InChI=1S/C46H79N3O16P2/c1-3-5-7-9-11-12-13-14-15-16-18-22-27-31-42(52)63-38(34-60-41(51)30-26-23-19-21-25-29-37(50)28-24-20-17-10-8-6-4-2)35-61-66(56,57)65-67(58,59)62-36-39-43(53)44(54)45(64-39)49-33-32-40(47)48-46(49)55/h6,8,17,20,24,28,32-33,37-39,43-45,50,53-54H,3-5,7,9-16,18-19,21-23,25-27,29-31,34-36H2,1-2H3,(H,56,57)(H,58,59)(H2,47,48,55)/b8-6+,20-17+,28-24+/t37?,38-,39-,43-,44-,45-/m1/s1. The number of esters is 2. The lowest BCUT2D eigenvalue weighted by Gasteiger charge is -2.21. The Bertz CT molecular complexity index is 1780. The van der Waals surface area contributed by atoms with E-state index >= 15 is 0 Å². The van der Waals surface area contributed by atoms with Crippen LogP contribution in [-0.4, -0.2) is 96.9 Å². The Balaban J connectivity index is 1.84. The van der Waals surface area contributed by atoms with E-state index in [9.17, 15) is 48.6 Å². The molecular weight excluding hydrogens is 912 g/mol. The van der Waals surface area contributed by atoms with Gasteiger partial charge in [-0.15, -0.1) is 0 Å². The molecule has 2 rings (SSSR count). The first kappa shape index (κ1) is 60.1. The van der Waals surface area contributed by atoms with Gasteiger partial charge in [-0.3, -0.25) is 23.2 Å². The second kappa shape index (κ2) is 35.1. The van der Waals surface area contributed by atoms with Crippen LogP contribution in [0.15, 0.2) is 53.5 Å². The summed E-state index contributed by atoms with van der Waals surface area (Å²) in [6.07, 6.45) is 25.4. The van der Waals surface area contributed by atoms with E-state index < -0.39 is 89.8 Å². The number of carbonyl (C=O) groups excluding carboxylic acids is 2. The summed E-state index contributed by atoms with van der Waals surface area (Å²) >= 11 is 0. The van der Waals surface area contributed by atoms with Crippen molar-refractivity contribution < 1.29 is 71.4 Å². The van der Waals surface area contributed by atoms with Gasteiger partial charge in [0.05, 0.1) is 19.3 Å². The third-order valence-electron chi connectivity index (χ3n) is 10.8. The maximum absolute atomic E-state index is 12.8. The monoisotopic (exact) mass is 991 g/mol. The van der Waals surface area contributed by atoms with Gasteiger partial charge in [-0.1, -0.05) is 153 Å². The van der Waals surface area contributed by atoms with Gasteiger partial charge < -0.3 is 45.1 Å². The van der Waals surface area contributed by atoms with E-state index in [1.54, 1.807) is 6.08 Å². The van der Waals surface area contributed by atoms with Crippen molar-refractivity contribution >= 4 is 33.4 Å². The van der Waals surface area contributed by atoms with Gasteiger partial charge in [0.2, 0.25) is 0 Å². The number of aliphatic hydroxyl groups excluding tert-OH is 3. The number of hydrogen-bond acceptors (Lipinski definition) is 16. The minimum atomic E-state index is -5.44. The van der Waals surface area contributed by atoms with Crippen molar-refractivity contribution in [3.63, 3.8) is 0 Å². The molecule has 0 spiro atoms. The third kappa shape index (κ3) is 28.3. The maximum Gasteiger partial charge on any atom is 0.481 e. The average molecular weight is 992 g/mol. The number of ether oxygens (including phenoxy) is 3. The molecule has 2 heterocycles. The molecule has 67 heavy (non-hydrogen) atoms. The first-order valence-electron chi connectivity index (χ1n) is 24.1. The average Bonchev–Trinajstić information content (AvgIpc) is 3.55. The van der Waals surface area contributed by atoms with Gasteiger partial charge in [0.25, 0.3) is 0 Å². The number of phosphoric acid groups is 2. The SMILES string of the molecule is CC/C=C/C/C=C/C=C/C(O)CCCCCCCC(=O)OC[C@H](COP(=O)(O)OP(=O)(O)OC[C@H]1O[C@@H](n2ccc(N)nc2=O)[C@H](O)[C@@H]1O)OC(=O)CCCCCCCCCCCCCCC. The smallest absolute Gasteiger partial charge is 0.462 e. The zero-order valence-electron chi connectivity index (χ0n) is 39.6. The summed E-state index contributed by atoms with van der Waals surface area (Å²) in [7, 11) is -10.9. The van der Waals surface area contributed by atoms with Crippen molar-refractivity contribution in [3.8, 4) is 0 Å². The first-order valence-corrected chi connectivity index (χ1v) is 27.1. The maximum atomic E-state index is 12.8. The van der Waals surface area contributed by atoms with Crippen molar-refractivity contribution in [2.45, 2.75) is 198 Å². The predicted molar refractivity (Wildman–Crippen MR) is 253 cm³/mol. The number of phosphoric ester groups is 2. The lowest BCUT2D eigenvalue weighted by molar-refractivity contribution is -0.161. The van der Waals surface area contributed by atoms with E-state index in [0.29, 0.717) is 19.3 Å². The molecule has 0 amide bonds. The van der Waals surface area contributed by atoms with Crippen LogP contribution in [0.5, 0.6) is 0 Å². The highest BCUT2D eigenvalue weighted by Crippen LogP contribution is 2.60. The molecule has 1 aromatic rings. The van der Waals surface area contributed by atoms with Crippen LogP contribution in [0, 0.1) is 0 Å².